The van der Waals surface area contributed by atoms with E-state index in [1.165, 1.54) is 11.3 Å². The second kappa shape index (κ2) is 6.81. The van der Waals surface area contributed by atoms with Crippen molar-refractivity contribution in [2.75, 3.05) is 11.9 Å². The first kappa shape index (κ1) is 19.3. The van der Waals surface area contributed by atoms with E-state index in [1.807, 2.05) is 12.1 Å². The van der Waals surface area contributed by atoms with Crippen LogP contribution in [0.2, 0.25) is 0 Å². The van der Waals surface area contributed by atoms with E-state index in [0.717, 1.165) is 53.9 Å². The number of nitriles is 1. The summed E-state index contributed by atoms with van der Waals surface area (Å²) in [5.74, 6) is 1.70. The molecule has 31 heavy (non-hydrogen) atoms. The van der Waals surface area contributed by atoms with E-state index in [0.29, 0.717) is 35.8 Å². The average molecular weight is 439 g/mol. The summed E-state index contributed by atoms with van der Waals surface area (Å²) in [5, 5.41) is 34.5. The molecule has 7 atom stereocenters. The molecule has 8 heteroatoms. The van der Waals surface area contributed by atoms with Crippen LogP contribution in [0.5, 0.6) is 0 Å². The highest BCUT2D eigenvalue weighted by molar-refractivity contribution is 7.22. The predicted molar refractivity (Wildman–Crippen MR) is 117 cm³/mol. The van der Waals surface area contributed by atoms with Crippen molar-refractivity contribution in [2.45, 2.75) is 56.2 Å². The Kier molecular flexibility index (Phi) is 4.25. The zero-order chi connectivity index (χ0) is 21.3. The van der Waals surface area contributed by atoms with Crippen molar-refractivity contribution in [1.29, 1.82) is 5.26 Å². The number of nitrogens with zero attached hydrogens (tertiary/aromatic N) is 3. The van der Waals surface area contributed by atoms with Crippen LogP contribution in [0.1, 0.15) is 44.1 Å². The monoisotopic (exact) mass is 438 g/mol. The standard InChI is InChI=1S/C23H26N4O3S/c24-11-12-1-2-16-18(7-12)31-21(25-16)26-17-3-4-27(22(28)29)20(17)19-14-5-13-6-15(19)10-23(30,8-13)9-14/h1-2,7,13-15,17,19-20,30H,3-6,8-10H2,(H,25,26)(H,28,29)/t13?,14-,15+,17?,19?,20?,23?. The number of fused-ring (bicyclic) bond motifs is 1. The van der Waals surface area contributed by atoms with E-state index < -0.39 is 11.7 Å². The van der Waals surface area contributed by atoms with Gasteiger partial charge in [-0.05, 0) is 80.4 Å². The maximum absolute atomic E-state index is 12.1. The average Bonchev–Trinajstić information content (AvgIpc) is 3.30. The molecular formula is C23H26N4O3S. The van der Waals surface area contributed by atoms with Gasteiger partial charge in [-0.2, -0.15) is 5.26 Å². The number of aromatic nitrogens is 1. The summed E-state index contributed by atoms with van der Waals surface area (Å²) in [6.45, 7) is 0.533. The zero-order valence-corrected chi connectivity index (χ0v) is 18.0. The number of hydrogen-bond acceptors (Lipinski definition) is 6. The van der Waals surface area contributed by atoms with Gasteiger partial charge >= 0.3 is 6.09 Å². The number of nitrogens with one attached hydrogen (secondary N) is 1. The highest BCUT2D eigenvalue weighted by Gasteiger charge is 2.59. The maximum atomic E-state index is 12.1. The van der Waals surface area contributed by atoms with Crippen molar-refractivity contribution in [3.63, 3.8) is 0 Å². The molecule has 5 unspecified atom stereocenters. The van der Waals surface area contributed by atoms with Crippen LogP contribution in [0.15, 0.2) is 18.2 Å². The van der Waals surface area contributed by atoms with Gasteiger partial charge in [0.1, 0.15) is 0 Å². The molecule has 4 bridgehead atoms. The molecule has 3 N–H and O–H groups in total. The molecule has 5 fully saturated rings. The first-order valence-electron chi connectivity index (χ1n) is 11.2. The number of rotatable bonds is 3. The van der Waals surface area contributed by atoms with Gasteiger partial charge in [0.25, 0.3) is 0 Å². The zero-order valence-electron chi connectivity index (χ0n) is 17.2. The van der Waals surface area contributed by atoms with Crippen LogP contribution in [0, 0.1) is 35.0 Å². The Labute approximate surface area is 184 Å². The Morgan fingerprint density at radius 3 is 2.74 bits per heavy atom. The molecule has 2 heterocycles. The third-order valence-electron chi connectivity index (χ3n) is 8.23. The van der Waals surface area contributed by atoms with Crippen molar-refractivity contribution >= 4 is 32.8 Å². The van der Waals surface area contributed by atoms with Crippen LogP contribution < -0.4 is 5.32 Å². The van der Waals surface area contributed by atoms with Crippen LogP contribution in [-0.4, -0.2) is 50.4 Å². The number of hydrogen-bond donors (Lipinski definition) is 3. The van der Waals surface area contributed by atoms with E-state index in [4.69, 9.17) is 10.2 Å². The maximum Gasteiger partial charge on any atom is 0.407 e. The molecule has 0 radical (unpaired) electrons. The van der Waals surface area contributed by atoms with Gasteiger partial charge in [0, 0.05) is 6.54 Å². The number of anilines is 1. The lowest BCUT2D eigenvalue weighted by Gasteiger charge is -2.60. The quantitative estimate of drug-likeness (QED) is 0.671. The molecule has 5 aliphatic rings. The number of likely N-dealkylation sites (tertiary alicyclic amines) is 1. The van der Waals surface area contributed by atoms with Gasteiger partial charge in [0.15, 0.2) is 5.13 Å². The molecule has 162 valence electrons. The minimum atomic E-state index is -0.843. The van der Waals surface area contributed by atoms with Crippen LogP contribution in [-0.2, 0) is 0 Å². The summed E-state index contributed by atoms with van der Waals surface area (Å²) in [4.78, 5) is 18.5. The molecule has 4 aliphatic carbocycles. The van der Waals surface area contributed by atoms with E-state index in [-0.39, 0.29) is 12.1 Å². The highest BCUT2D eigenvalue weighted by Crippen LogP contribution is 2.60. The minimum absolute atomic E-state index is 0.0178. The van der Waals surface area contributed by atoms with Gasteiger partial charge in [-0.15, -0.1) is 0 Å². The van der Waals surface area contributed by atoms with E-state index in [2.05, 4.69) is 11.4 Å². The summed E-state index contributed by atoms with van der Waals surface area (Å²) in [7, 11) is 0. The minimum Gasteiger partial charge on any atom is -0.465 e. The Hall–Kier alpha value is -2.37. The van der Waals surface area contributed by atoms with Gasteiger partial charge < -0.3 is 20.4 Å². The molecule has 1 amide bonds. The molecule has 7 rings (SSSR count). The number of benzene rings is 1. The van der Waals surface area contributed by atoms with Gasteiger partial charge in [-0.3, -0.25) is 0 Å². The summed E-state index contributed by atoms with van der Waals surface area (Å²) in [5.41, 5.74) is 0.951. The van der Waals surface area contributed by atoms with Crippen LogP contribution >= 0.6 is 11.3 Å². The van der Waals surface area contributed by atoms with Gasteiger partial charge in [0.2, 0.25) is 0 Å². The number of thiazole rings is 1. The Bertz CT molecular complexity index is 1080. The number of carbonyl (C=O) groups is 1. The molecule has 1 aliphatic heterocycles. The van der Waals surface area contributed by atoms with E-state index >= 15 is 0 Å². The van der Waals surface area contributed by atoms with Crippen LogP contribution in [0.3, 0.4) is 0 Å². The Morgan fingerprint density at radius 2 is 2.06 bits per heavy atom. The normalized spacial score (nSPS) is 38.5. The lowest BCUT2D eigenvalue weighted by Crippen LogP contribution is -2.61. The topological polar surface area (TPSA) is 109 Å². The largest absolute Gasteiger partial charge is 0.465 e. The van der Waals surface area contributed by atoms with E-state index in [1.54, 1.807) is 11.0 Å². The van der Waals surface area contributed by atoms with Crippen molar-refractivity contribution in [2.24, 2.45) is 23.7 Å². The fourth-order valence-electron chi connectivity index (χ4n) is 7.46. The third kappa shape index (κ3) is 3.09. The highest BCUT2D eigenvalue weighted by atomic mass is 32.1. The van der Waals surface area contributed by atoms with E-state index in [9.17, 15) is 15.0 Å². The van der Waals surface area contributed by atoms with Crippen molar-refractivity contribution in [1.82, 2.24) is 9.88 Å². The molecule has 7 nitrogen and oxygen atoms in total. The molecule has 1 saturated heterocycles. The first-order valence-corrected chi connectivity index (χ1v) is 12.0. The molecule has 1 aromatic heterocycles. The Morgan fingerprint density at radius 1 is 1.29 bits per heavy atom. The second-order valence-electron chi connectivity index (χ2n) is 10.1. The lowest BCUT2D eigenvalue weighted by molar-refractivity contribution is -0.162. The van der Waals surface area contributed by atoms with Gasteiger partial charge in [-0.1, -0.05) is 11.3 Å². The molecule has 1 aromatic carbocycles. The van der Waals surface area contributed by atoms with Crippen LogP contribution in [0.25, 0.3) is 10.2 Å². The van der Waals surface area contributed by atoms with Gasteiger partial charge in [0.05, 0.1) is 39.5 Å². The fraction of sp³-hybridized carbons (Fsp3) is 0.609. The fourth-order valence-corrected chi connectivity index (χ4v) is 8.43. The number of amides is 1. The van der Waals surface area contributed by atoms with Gasteiger partial charge in [-0.25, -0.2) is 9.78 Å². The summed E-state index contributed by atoms with van der Waals surface area (Å²) >= 11 is 1.52. The summed E-state index contributed by atoms with van der Waals surface area (Å²) < 4.78 is 0.961. The van der Waals surface area contributed by atoms with Crippen molar-refractivity contribution in [3.8, 4) is 6.07 Å². The Balaban J connectivity index is 1.30. The van der Waals surface area contributed by atoms with Crippen molar-refractivity contribution < 1.29 is 15.0 Å². The molecular weight excluding hydrogens is 412 g/mol. The first-order chi connectivity index (χ1) is 14.9. The number of carboxylic acid groups (broad SMARTS) is 1. The summed E-state index contributed by atoms with van der Waals surface area (Å²) in [6.07, 6.45) is 4.73. The second-order valence-corrected chi connectivity index (χ2v) is 11.1. The summed E-state index contributed by atoms with van der Waals surface area (Å²) in [6, 6.07) is 7.59. The molecule has 4 saturated carbocycles. The number of aliphatic hydroxyl groups is 1. The predicted octanol–water partition coefficient (Wildman–Crippen LogP) is 3.89. The van der Waals surface area contributed by atoms with Crippen molar-refractivity contribution in [3.05, 3.63) is 23.8 Å². The molecule has 0 spiro atoms. The third-order valence-corrected chi connectivity index (χ3v) is 9.18. The SMILES string of the molecule is N#Cc1ccc2nc(NC3CCN(C(=O)O)C3C3[C@@H]4CC5C[C@H]3CC(O)(C5)C4)sc2c1. The lowest BCUT2D eigenvalue weighted by atomic mass is 9.48. The van der Waals surface area contributed by atoms with Crippen LogP contribution in [0.4, 0.5) is 9.93 Å². The molecule has 2 aromatic rings. The smallest absolute Gasteiger partial charge is 0.407 e.